The average Bonchev–Trinajstić information content (AvgIpc) is 3.54. The lowest BCUT2D eigenvalue weighted by molar-refractivity contribution is -0.140. The molecule has 0 bridgehead atoms. The first-order valence-corrected chi connectivity index (χ1v) is 14.7. The van der Waals surface area contributed by atoms with Crippen LogP contribution in [0, 0.1) is 5.92 Å². The van der Waals surface area contributed by atoms with Crippen LogP contribution in [0.1, 0.15) is 54.9 Å². The average molecular weight is 581 g/mol. The molecule has 42 heavy (non-hydrogen) atoms. The molecule has 3 atom stereocenters. The topological polar surface area (TPSA) is 83.5 Å². The molecule has 0 saturated carbocycles. The van der Waals surface area contributed by atoms with Gasteiger partial charge in [0.25, 0.3) is 5.91 Å². The molecular weight excluding hydrogens is 545 g/mol. The molecule has 3 aromatic rings. The summed E-state index contributed by atoms with van der Waals surface area (Å²) in [7, 11) is 0. The summed E-state index contributed by atoms with van der Waals surface area (Å²) in [6, 6.07) is 10.7. The summed E-state index contributed by atoms with van der Waals surface area (Å²) in [6.07, 6.45) is 0.480. The number of nitrogens with one attached hydrogen (secondary N) is 1. The molecule has 2 fully saturated rings. The lowest BCUT2D eigenvalue weighted by Crippen LogP contribution is -2.61. The van der Waals surface area contributed by atoms with Gasteiger partial charge in [-0.05, 0) is 68.1 Å². The van der Waals surface area contributed by atoms with E-state index < -0.39 is 17.3 Å². The van der Waals surface area contributed by atoms with E-state index in [0.717, 1.165) is 24.9 Å². The predicted molar refractivity (Wildman–Crippen MR) is 152 cm³/mol. The van der Waals surface area contributed by atoms with Gasteiger partial charge >= 0.3 is 6.18 Å². The largest absolute Gasteiger partial charge is 0.477 e. The second-order valence-electron chi connectivity index (χ2n) is 11.3. The van der Waals surface area contributed by atoms with E-state index in [9.17, 15) is 18.0 Å². The molecule has 0 aromatic carbocycles. The SMILES string of the molecule is CCOc1ncccc1-c1ccc2c(n1)C(=O)N(C1CCNC1)CC21CCN(c2cccnc2C(F)(F)F)CC1CC. The molecule has 0 aliphatic carbocycles. The molecule has 222 valence electrons. The second kappa shape index (κ2) is 11.2. The first-order valence-electron chi connectivity index (χ1n) is 14.7. The third-order valence-electron chi connectivity index (χ3n) is 9.09. The fourth-order valence-corrected chi connectivity index (χ4v) is 7.05. The smallest absolute Gasteiger partial charge is 0.435 e. The molecule has 3 aromatic heterocycles. The minimum atomic E-state index is -4.55. The van der Waals surface area contributed by atoms with E-state index in [-0.39, 0.29) is 23.6 Å². The van der Waals surface area contributed by atoms with Crippen molar-refractivity contribution in [3.63, 3.8) is 0 Å². The van der Waals surface area contributed by atoms with Gasteiger partial charge in [0.1, 0.15) is 5.69 Å². The van der Waals surface area contributed by atoms with E-state index in [1.54, 1.807) is 12.3 Å². The normalized spacial score (nSPS) is 24.3. The van der Waals surface area contributed by atoms with Gasteiger partial charge in [-0.2, -0.15) is 13.2 Å². The maximum atomic E-state index is 14.1. The standard InChI is InChI=1S/C31H35F3N6O2/c1-3-20-18-39(25-8-6-13-36-27(25)31(32,33)34)16-12-30(20)19-40(21-11-15-35-17-21)29(41)26-23(30)9-10-24(38-26)22-7-5-14-37-28(22)42-4-2/h5-10,13-14,20-21,35H,3-4,11-12,15-19H2,1-2H3. The molecule has 6 rings (SSSR count). The molecule has 3 aliphatic heterocycles. The molecule has 11 heteroatoms. The van der Waals surface area contributed by atoms with Crippen molar-refractivity contribution in [1.82, 2.24) is 25.2 Å². The van der Waals surface area contributed by atoms with Crippen LogP contribution in [0.2, 0.25) is 0 Å². The molecule has 2 saturated heterocycles. The quantitative estimate of drug-likeness (QED) is 0.442. The molecular formula is C31H35F3N6O2. The molecule has 1 spiro atoms. The highest BCUT2D eigenvalue weighted by Crippen LogP contribution is 2.49. The van der Waals surface area contributed by atoms with Crippen molar-refractivity contribution in [3.8, 4) is 17.1 Å². The van der Waals surface area contributed by atoms with Gasteiger partial charge in [-0.1, -0.05) is 19.4 Å². The number of alkyl halides is 3. The number of halogens is 3. The Morgan fingerprint density at radius 2 is 1.93 bits per heavy atom. The number of carbonyl (C=O) groups is 1. The van der Waals surface area contributed by atoms with E-state index in [2.05, 4.69) is 22.2 Å². The summed E-state index contributed by atoms with van der Waals surface area (Å²) < 4.78 is 47.4. The number of pyridine rings is 3. The summed E-state index contributed by atoms with van der Waals surface area (Å²) in [5, 5.41) is 3.38. The number of carbonyl (C=O) groups excluding carboxylic acids is 1. The Bertz CT molecular complexity index is 1460. The maximum absolute atomic E-state index is 14.1. The van der Waals surface area contributed by atoms with E-state index in [4.69, 9.17) is 9.72 Å². The predicted octanol–water partition coefficient (Wildman–Crippen LogP) is 4.95. The Morgan fingerprint density at radius 1 is 1.12 bits per heavy atom. The van der Waals surface area contributed by atoms with Crippen LogP contribution in [0.3, 0.4) is 0 Å². The van der Waals surface area contributed by atoms with Crippen LogP contribution in [0.4, 0.5) is 18.9 Å². The van der Waals surface area contributed by atoms with Crippen LogP contribution in [0.25, 0.3) is 11.3 Å². The summed E-state index contributed by atoms with van der Waals surface area (Å²) in [5.41, 5.74) is 1.42. The highest BCUT2D eigenvalue weighted by Gasteiger charge is 2.52. The van der Waals surface area contributed by atoms with E-state index in [1.165, 1.54) is 12.3 Å². The Labute approximate surface area is 243 Å². The van der Waals surface area contributed by atoms with Gasteiger partial charge in [0.2, 0.25) is 5.88 Å². The van der Waals surface area contributed by atoms with Crippen molar-refractivity contribution in [2.75, 3.05) is 44.2 Å². The van der Waals surface area contributed by atoms with Crippen LogP contribution >= 0.6 is 0 Å². The first-order chi connectivity index (χ1) is 20.3. The Morgan fingerprint density at radius 3 is 2.67 bits per heavy atom. The van der Waals surface area contributed by atoms with Crippen LogP contribution < -0.4 is 15.0 Å². The van der Waals surface area contributed by atoms with Gasteiger partial charge in [-0.25, -0.2) is 15.0 Å². The number of aromatic nitrogens is 3. The molecule has 8 nitrogen and oxygen atoms in total. The van der Waals surface area contributed by atoms with Gasteiger partial charge in [0.15, 0.2) is 5.69 Å². The summed E-state index contributed by atoms with van der Waals surface area (Å²) >= 11 is 0. The number of ether oxygens (including phenoxy) is 1. The van der Waals surface area contributed by atoms with Crippen molar-refractivity contribution in [1.29, 1.82) is 0 Å². The van der Waals surface area contributed by atoms with Crippen LogP contribution in [0.5, 0.6) is 5.88 Å². The number of hydrogen-bond donors (Lipinski definition) is 1. The van der Waals surface area contributed by atoms with Gasteiger partial charge < -0.3 is 19.9 Å². The lowest BCUT2D eigenvalue weighted by Gasteiger charge is -2.54. The summed E-state index contributed by atoms with van der Waals surface area (Å²) in [6.45, 7) is 7.31. The Kier molecular flexibility index (Phi) is 7.55. The fraction of sp³-hybridized carbons (Fsp3) is 0.484. The molecule has 0 radical (unpaired) electrons. The molecule has 3 unspecified atom stereocenters. The Balaban J connectivity index is 1.43. The zero-order valence-corrected chi connectivity index (χ0v) is 23.8. The van der Waals surface area contributed by atoms with Crippen LogP contribution in [0.15, 0.2) is 48.8 Å². The van der Waals surface area contributed by atoms with E-state index in [1.807, 2.05) is 41.0 Å². The summed E-state index contributed by atoms with van der Waals surface area (Å²) in [4.78, 5) is 30.9. The summed E-state index contributed by atoms with van der Waals surface area (Å²) in [5.74, 6) is 0.345. The minimum absolute atomic E-state index is 0.0127. The van der Waals surface area contributed by atoms with Crippen molar-refractivity contribution >= 4 is 11.6 Å². The fourth-order valence-electron chi connectivity index (χ4n) is 7.05. The van der Waals surface area contributed by atoms with Gasteiger partial charge in [-0.15, -0.1) is 0 Å². The van der Waals surface area contributed by atoms with Crippen molar-refractivity contribution in [3.05, 3.63) is 65.7 Å². The van der Waals surface area contributed by atoms with Crippen molar-refractivity contribution in [2.24, 2.45) is 5.92 Å². The van der Waals surface area contributed by atoms with E-state index >= 15 is 0 Å². The van der Waals surface area contributed by atoms with Gasteiger partial charge in [0.05, 0.1) is 23.6 Å². The van der Waals surface area contributed by atoms with Gasteiger partial charge in [0, 0.05) is 50.0 Å². The maximum Gasteiger partial charge on any atom is 0.435 e. The number of rotatable bonds is 6. The number of nitrogens with zero attached hydrogens (tertiary/aromatic N) is 5. The lowest BCUT2D eigenvalue weighted by atomic mass is 9.62. The van der Waals surface area contributed by atoms with Crippen molar-refractivity contribution < 1.29 is 22.7 Å². The number of anilines is 1. The number of hydrogen-bond acceptors (Lipinski definition) is 7. The third-order valence-corrected chi connectivity index (χ3v) is 9.09. The molecule has 1 N–H and O–H groups in total. The van der Waals surface area contributed by atoms with Gasteiger partial charge in [-0.3, -0.25) is 4.79 Å². The molecule has 1 amide bonds. The zero-order chi connectivity index (χ0) is 29.5. The minimum Gasteiger partial charge on any atom is -0.477 e. The number of amides is 1. The second-order valence-corrected chi connectivity index (χ2v) is 11.3. The first kappa shape index (κ1) is 28.4. The van der Waals surface area contributed by atoms with Crippen molar-refractivity contribution in [2.45, 2.75) is 50.7 Å². The number of fused-ring (bicyclic) bond motifs is 2. The van der Waals surface area contributed by atoms with Crippen LogP contribution in [-0.4, -0.2) is 71.1 Å². The monoisotopic (exact) mass is 580 g/mol. The molecule has 3 aliphatic rings. The highest BCUT2D eigenvalue weighted by atomic mass is 19.4. The van der Waals surface area contributed by atoms with Crippen LogP contribution in [-0.2, 0) is 11.6 Å². The Hall–Kier alpha value is -3.73. The van der Waals surface area contributed by atoms with E-state index in [0.29, 0.717) is 62.0 Å². The molecule has 6 heterocycles. The third kappa shape index (κ3) is 4.87. The zero-order valence-electron chi connectivity index (χ0n) is 23.8. The highest BCUT2D eigenvalue weighted by molar-refractivity contribution is 5.96. The number of piperidine rings is 1.